The van der Waals surface area contributed by atoms with Crippen molar-refractivity contribution in [3.63, 3.8) is 0 Å². The maximum atomic E-state index is 13.0. The van der Waals surface area contributed by atoms with Gasteiger partial charge in [-0.25, -0.2) is 18.0 Å². The second-order valence-corrected chi connectivity index (χ2v) is 9.06. The lowest BCUT2D eigenvalue weighted by atomic mass is 9.95. The minimum absolute atomic E-state index is 0.0152. The Kier molecular flexibility index (Phi) is 6.87. The molecule has 0 aliphatic carbocycles. The van der Waals surface area contributed by atoms with E-state index in [9.17, 15) is 18.0 Å². The van der Waals surface area contributed by atoms with E-state index >= 15 is 0 Å². The fraction of sp³-hybridized carbons (Fsp3) is 0.238. The zero-order chi connectivity index (χ0) is 22.6. The molecule has 164 valence electrons. The first-order valence-corrected chi connectivity index (χ1v) is 11.4. The molecule has 1 unspecified atom stereocenters. The molecule has 0 radical (unpaired) electrons. The van der Waals surface area contributed by atoms with Crippen molar-refractivity contribution in [1.29, 1.82) is 0 Å². The Morgan fingerprint density at radius 2 is 1.74 bits per heavy atom. The molecule has 2 amide bonds. The van der Waals surface area contributed by atoms with E-state index in [0.717, 1.165) is 0 Å². The zero-order valence-electron chi connectivity index (χ0n) is 16.8. The summed E-state index contributed by atoms with van der Waals surface area (Å²) in [4.78, 5) is 25.1. The molecule has 0 spiro atoms. The van der Waals surface area contributed by atoms with Gasteiger partial charge in [0.05, 0.1) is 36.0 Å². The van der Waals surface area contributed by atoms with Crippen molar-refractivity contribution in [2.75, 3.05) is 19.5 Å². The Bertz CT molecular complexity index is 1110. The molecule has 3 rings (SSSR count). The van der Waals surface area contributed by atoms with Gasteiger partial charge in [-0.15, -0.1) is 0 Å². The van der Waals surface area contributed by atoms with Crippen molar-refractivity contribution >= 4 is 33.4 Å². The summed E-state index contributed by atoms with van der Waals surface area (Å²) in [5, 5.41) is 5.51. The number of benzene rings is 2. The molecule has 0 bridgehead atoms. The van der Waals surface area contributed by atoms with Gasteiger partial charge in [-0.2, -0.15) is 0 Å². The van der Waals surface area contributed by atoms with Crippen LogP contribution in [0, 0.1) is 0 Å². The number of urea groups is 1. The number of sulfone groups is 1. The first-order chi connectivity index (χ1) is 14.7. The lowest BCUT2D eigenvalue weighted by molar-refractivity contribution is -0.139. The Labute approximate surface area is 185 Å². The molecule has 31 heavy (non-hydrogen) atoms. The molecule has 1 heterocycles. The van der Waals surface area contributed by atoms with E-state index in [0.29, 0.717) is 16.3 Å². The number of rotatable bonds is 7. The minimum Gasteiger partial charge on any atom is -0.497 e. The van der Waals surface area contributed by atoms with Gasteiger partial charge in [0.2, 0.25) is 0 Å². The van der Waals surface area contributed by atoms with E-state index in [1.54, 1.807) is 31.2 Å². The number of amides is 2. The fourth-order valence-corrected chi connectivity index (χ4v) is 4.59. The predicted octanol–water partition coefficient (Wildman–Crippen LogP) is 2.99. The van der Waals surface area contributed by atoms with Gasteiger partial charge in [0.25, 0.3) is 0 Å². The van der Waals surface area contributed by atoms with E-state index in [4.69, 9.17) is 21.1 Å². The molecule has 1 atom stereocenters. The lowest BCUT2D eigenvalue weighted by Gasteiger charge is -2.29. The van der Waals surface area contributed by atoms with E-state index < -0.39 is 33.6 Å². The molecule has 2 aromatic carbocycles. The summed E-state index contributed by atoms with van der Waals surface area (Å²) in [5.74, 6) is -0.726. The number of carbonyl (C=O) groups is 2. The van der Waals surface area contributed by atoms with Gasteiger partial charge >= 0.3 is 12.0 Å². The van der Waals surface area contributed by atoms with Gasteiger partial charge in [0, 0.05) is 10.7 Å². The van der Waals surface area contributed by atoms with Crippen molar-refractivity contribution < 1.29 is 27.5 Å². The maximum absolute atomic E-state index is 13.0. The van der Waals surface area contributed by atoms with Crippen LogP contribution in [0.5, 0.6) is 5.75 Å². The highest BCUT2D eigenvalue weighted by Gasteiger charge is 2.35. The van der Waals surface area contributed by atoms with Gasteiger partial charge in [0.1, 0.15) is 5.75 Å². The zero-order valence-corrected chi connectivity index (χ0v) is 18.4. The number of hydrogen-bond acceptors (Lipinski definition) is 6. The van der Waals surface area contributed by atoms with Gasteiger partial charge in [-0.05, 0) is 48.9 Å². The van der Waals surface area contributed by atoms with Crippen molar-refractivity contribution in [1.82, 2.24) is 10.6 Å². The normalized spacial score (nSPS) is 16.4. The van der Waals surface area contributed by atoms with E-state index in [-0.39, 0.29) is 22.8 Å². The molecule has 10 heteroatoms. The molecule has 0 saturated heterocycles. The first-order valence-electron chi connectivity index (χ1n) is 9.35. The number of halogens is 1. The molecular formula is C21H21ClN2O6S. The summed E-state index contributed by atoms with van der Waals surface area (Å²) >= 11 is 5.84. The third-order valence-corrected chi connectivity index (χ3v) is 6.52. The highest BCUT2D eigenvalue weighted by molar-refractivity contribution is 7.91. The molecule has 2 N–H and O–H groups in total. The number of esters is 1. The highest BCUT2D eigenvalue weighted by atomic mass is 35.5. The summed E-state index contributed by atoms with van der Waals surface area (Å²) in [5.41, 5.74) is 0.544. The maximum Gasteiger partial charge on any atom is 0.338 e. The number of carbonyl (C=O) groups excluding carboxylic acids is 2. The van der Waals surface area contributed by atoms with Gasteiger partial charge in [0.15, 0.2) is 9.84 Å². The van der Waals surface area contributed by atoms with Crippen molar-refractivity contribution in [3.8, 4) is 5.75 Å². The summed E-state index contributed by atoms with van der Waals surface area (Å²) < 4.78 is 36.2. The van der Waals surface area contributed by atoms with Crippen LogP contribution in [0.4, 0.5) is 4.79 Å². The average molecular weight is 465 g/mol. The summed E-state index contributed by atoms with van der Waals surface area (Å²) in [6.07, 6.45) is 0. The smallest absolute Gasteiger partial charge is 0.338 e. The van der Waals surface area contributed by atoms with Crippen LogP contribution in [0.1, 0.15) is 18.5 Å². The second kappa shape index (κ2) is 9.40. The lowest BCUT2D eigenvalue weighted by Crippen LogP contribution is -2.47. The molecule has 0 fully saturated rings. The number of hydrogen-bond donors (Lipinski definition) is 2. The third-order valence-electron chi connectivity index (χ3n) is 4.61. The first kappa shape index (κ1) is 22.6. The summed E-state index contributed by atoms with van der Waals surface area (Å²) in [7, 11) is -2.37. The SMILES string of the molecule is CCOC(=O)C1=C(CS(=O)(=O)c2ccc(Cl)cc2)NC(=O)NC1c1ccc(OC)cc1. The number of nitrogens with one attached hydrogen (secondary N) is 2. The van der Waals surface area contributed by atoms with Crippen LogP contribution in [0.2, 0.25) is 5.02 Å². The van der Waals surface area contributed by atoms with Gasteiger partial charge in [-0.1, -0.05) is 23.7 Å². The van der Waals surface area contributed by atoms with Crippen molar-refractivity contribution in [3.05, 3.63) is 70.4 Å². The molecule has 1 aliphatic rings. The molecule has 8 nitrogen and oxygen atoms in total. The number of ether oxygens (including phenoxy) is 2. The van der Waals surface area contributed by atoms with Gasteiger partial charge in [-0.3, -0.25) is 0 Å². The van der Waals surface area contributed by atoms with Crippen LogP contribution in [0.15, 0.2) is 64.7 Å². The second-order valence-electron chi connectivity index (χ2n) is 6.63. The average Bonchev–Trinajstić information content (AvgIpc) is 2.73. The third kappa shape index (κ3) is 5.18. The molecule has 2 aromatic rings. The van der Waals surface area contributed by atoms with E-state index in [1.807, 2.05) is 0 Å². The van der Waals surface area contributed by atoms with Crippen LogP contribution in [-0.4, -0.2) is 39.9 Å². The predicted molar refractivity (Wildman–Crippen MR) is 115 cm³/mol. The minimum atomic E-state index is -3.88. The fourth-order valence-electron chi connectivity index (χ4n) is 3.14. The topological polar surface area (TPSA) is 111 Å². The van der Waals surface area contributed by atoms with E-state index in [2.05, 4.69) is 10.6 Å². The molecular weight excluding hydrogens is 444 g/mol. The molecule has 0 aromatic heterocycles. The van der Waals surface area contributed by atoms with Crippen LogP contribution in [0.25, 0.3) is 0 Å². The largest absolute Gasteiger partial charge is 0.497 e. The van der Waals surface area contributed by atoms with Crippen LogP contribution in [0.3, 0.4) is 0 Å². The Morgan fingerprint density at radius 3 is 2.32 bits per heavy atom. The summed E-state index contributed by atoms with van der Waals surface area (Å²) in [6.45, 7) is 1.72. The Morgan fingerprint density at radius 1 is 1.10 bits per heavy atom. The molecule has 0 saturated carbocycles. The van der Waals surface area contributed by atoms with Crippen LogP contribution in [-0.2, 0) is 19.4 Å². The Hall–Kier alpha value is -3.04. The standard InChI is InChI=1S/C21H21ClN2O6S/c1-3-30-20(25)18-17(12-31(27,28)16-10-6-14(22)7-11-16)23-21(26)24-19(18)13-4-8-15(29-2)9-5-13/h4-11,19H,3,12H2,1-2H3,(H2,23,24,26). The van der Waals surface area contributed by atoms with Crippen LogP contribution >= 0.6 is 11.6 Å². The number of methoxy groups -OCH3 is 1. The monoisotopic (exact) mass is 464 g/mol. The summed E-state index contributed by atoms with van der Waals surface area (Å²) in [6, 6.07) is 10.8. The molecule has 1 aliphatic heterocycles. The van der Waals surface area contributed by atoms with Gasteiger partial charge < -0.3 is 20.1 Å². The van der Waals surface area contributed by atoms with Crippen molar-refractivity contribution in [2.45, 2.75) is 17.9 Å². The highest BCUT2D eigenvalue weighted by Crippen LogP contribution is 2.30. The van der Waals surface area contributed by atoms with E-state index in [1.165, 1.54) is 31.4 Å². The Balaban J connectivity index is 2.07. The van der Waals surface area contributed by atoms with Crippen molar-refractivity contribution in [2.24, 2.45) is 0 Å². The quantitative estimate of drug-likeness (QED) is 0.609. The van der Waals surface area contributed by atoms with Crippen LogP contribution < -0.4 is 15.4 Å².